The van der Waals surface area contributed by atoms with Crippen molar-refractivity contribution in [3.05, 3.63) is 63.9 Å². The molecular weight excluding hydrogens is 309 g/mol. The van der Waals surface area contributed by atoms with E-state index in [-0.39, 0.29) is 12.1 Å². The lowest BCUT2D eigenvalue weighted by Gasteiger charge is -2.15. The smallest absolute Gasteiger partial charge is 0.315 e. The van der Waals surface area contributed by atoms with Gasteiger partial charge < -0.3 is 10.6 Å². The number of nitrogens with zero attached hydrogens (tertiary/aromatic N) is 1. The molecule has 0 aliphatic rings. The zero-order chi connectivity index (χ0) is 15.2. The highest BCUT2D eigenvalue weighted by atomic mass is 35.5. The van der Waals surface area contributed by atoms with Crippen LogP contribution >= 0.6 is 23.2 Å². The van der Waals surface area contributed by atoms with Crippen LogP contribution in [0, 0.1) is 0 Å². The number of hydrogen-bond donors (Lipinski definition) is 2. The van der Waals surface area contributed by atoms with Gasteiger partial charge in [-0.3, -0.25) is 4.98 Å². The Morgan fingerprint density at radius 2 is 2.10 bits per heavy atom. The van der Waals surface area contributed by atoms with E-state index >= 15 is 0 Å². The fourth-order valence-electron chi connectivity index (χ4n) is 1.80. The number of hydrogen-bond acceptors (Lipinski definition) is 2. The van der Waals surface area contributed by atoms with Crippen LogP contribution in [0.1, 0.15) is 24.1 Å². The summed E-state index contributed by atoms with van der Waals surface area (Å²) in [6.07, 6.45) is 3.40. The fraction of sp³-hybridized carbons (Fsp3) is 0.200. The summed E-state index contributed by atoms with van der Waals surface area (Å²) in [5.41, 5.74) is 1.83. The second kappa shape index (κ2) is 7.29. The molecule has 0 aliphatic heterocycles. The van der Waals surface area contributed by atoms with Crippen molar-refractivity contribution in [2.75, 3.05) is 0 Å². The number of carbonyl (C=O) groups is 1. The van der Waals surface area contributed by atoms with E-state index in [9.17, 15) is 4.79 Å². The SMILES string of the molecule is CC(NC(=O)NCc1cccnc1)c1ccc(Cl)c(Cl)c1. The quantitative estimate of drug-likeness (QED) is 0.895. The Hall–Kier alpha value is -1.78. The predicted molar refractivity (Wildman–Crippen MR) is 84.5 cm³/mol. The molecule has 2 amide bonds. The first-order valence-corrected chi connectivity index (χ1v) is 7.20. The first kappa shape index (κ1) is 15.6. The lowest BCUT2D eigenvalue weighted by Crippen LogP contribution is -2.36. The van der Waals surface area contributed by atoms with Gasteiger partial charge in [0.2, 0.25) is 0 Å². The van der Waals surface area contributed by atoms with Crippen molar-refractivity contribution in [2.24, 2.45) is 0 Å². The van der Waals surface area contributed by atoms with Crippen molar-refractivity contribution in [3.8, 4) is 0 Å². The number of halogens is 2. The Kier molecular flexibility index (Phi) is 5.42. The summed E-state index contributed by atoms with van der Waals surface area (Å²) in [5.74, 6) is 0. The van der Waals surface area contributed by atoms with Gasteiger partial charge in [0.1, 0.15) is 0 Å². The van der Waals surface area contributed by atoms with Gasteiger partial charge in [0.25, 0.3) is 0 Å². The van der Waals surface area contributed by atoms with E-state index in [0.717, 1.165) is 11.1 Å². The normalized spacial score (nSPS) is 11.8. The van der Waals surface area contributed by atoms with E-state index in [1.165, 1.54) is 0 Å². The van der Waals surface area contributed by atoms with Crippen molar-refractivity contribution < 1.29 is 4.79 Å². The number of rotatable bonds is 4. The van der Waals surface area contributed by atoms with E-state index in [2.05, 4.69) is 15.6 Å². The van der Waals surface area contributed by atoms with Crippen LogP contribution in [-0.4, -0.2) is 11.0 Å². The fourth-order valence-corrected chi connectivity index (χ4v) is 2.10. The van der Waals surface area contributed by atoms with Crippen LogP contribution in [-0.2, 0) is 6.54 Å². The molecule has 110 valence electrons. The van der Waals surface area contributed by atoms with Crippen LogP contribution in [0.2, 0.25) is 10.0 Å². The van der Waals surface area contributed by atoms with Crippen LogP contribution in [0.3, 0.4) is 0 Å². The Balaban J connectivity index is 1.88. The number of urea groups is 1. The van der Waals surface area contributed by atoms with Crippen molar-refractivity contribution >= 4 is 29.2 Å². The molecule has 2 rings (SSSR count). The molecule has 0 aliphatic carbocycles. The van der Waals surface area contributed by atoms with Gasteiger partial charge in [-0.15, -0.1) is 0 Å². The molecule has 0 saturated carbocycles. The van der Waals surface area contributed by atoms with Crippen molar-refractivity contribution in [2.45, 2.75) is 19.5 Å². The monoisotopic (exact) mass is 323 g/mol. The van der Waals surface area contributed by atoms with Crippen LogP contribution in [0.4, 0.5) is 4.79 Å². The van der Waals surface area contributed by atoms with Crippen LogP contribution in [0.25, 0.3) is 0 Å². The Morgan fingerprint density at radius 3 is 2.76 bits per heavy atom. The summed E-state index contributed by atoms with van der Waals surface area (Å²) in [5, 5.41) is 6.58. The zero-order valence-electron chi connectivity index (χ0n) is 11.4. The molecule has 0 spiro atoms. The molecule has 1 aromatic carbocycles. The average Bonchev–Trinajstić information content (AvgIpc) is 2.49. The van der Waals surface area contributed by atoms with Crippen LogP contribution in [0.15, 0.2) is 42.7 Å². The lowest BCUT2D eigenvalue weighted by atomic mass is 10.1. The van der Waals surface area contributed by atoms with E-state index < -0.39 is 0 Å². The van der Waals surface area contributed by atoms with Crippen molar-refractivity contribution in [3.63, 3.8) is 0 Å². The van der Waals surface area contributed by atoms with Gasteiger partial charge in [-0.25, -0.2) is 4.79 Å². The Labute approximate surface area is 133 Å². The number of pyridine rings is 1. The third kappa shape index (κ3) is 4.62. The van der Waals surface area contributed by atoms with Crippen molar-refractivity contribution in [1.82, 2.24) is 15.6 Å². The largest absolute Gasteiger partial charge is 0.334 e. The molecule has 1 aromatic heterocycles. The molecule has 6 heteroatoms. The number of amides is 2. The summed E-state index contributed by atoms with van der Waals surface area (Å²) in [6.45, 7) is 2.30. The molecular formula is C15H15Cl2N3O. The number of aromatic nitrogens is 1. The van der Waals surface area contributed by atoms with Gasteiger partial charge in [0, 0.05) is 18.9 Å². The number of carbonyl (C=O) groups excluding carboxylic acids is 1. The van der Waals surface area contributed by atoms with Gasteiger partial charge in [-0.2, -0.15) is 0 Å². The second-order valence-electron chi connectivity index (χ2n) is 4.58. The molecule has 1 unspecified atom stereocenters. The maximum atomic E-state index is 11.9. The second-order valence-corrected chi connectivity index (χ2v) is 5.40. The first-order chi connectivity index (χ1) is 10.1. The number of benzene rings is 1. The highest BCUT2D eigenvalue weighted by Crippen LogP contribution is 2.25. The summed E-state index contributed by atoms with van der Waals surface area (Å²) in [6, 6.07) is 8.59. The zero-order valence-corrected chi connectivity index (χ0v) is 12.9. The minimum Gasteiger partial charge on any atom is -0.334 e. The van der Waals surface area contributed by atoms with Crippen LogP contribution < -0.4 is 10.6 Å². The maximum absolute atomic E-state index is 11.9. The van der Waals surface area contributed by atoms with Gasteiger partial charge in [0.15, 0.2) is 0 Å². The Bertz CT molecular complexity index is 620. The third-order valence-corrected chi connectivity index (χ3v) is 3.71. The highest BCUT2D eigenvalue weighted by Gasteiger charge is 2.10. The van der Waals surface area contributed by atoms with E-state index in [0.29, 0.717) is 16.6 Å². The van der Waals surface area contributed by atoms with Gasteiger partial charge in [0.05, 0.1) is 16.1 Å². The van der Waals surface area contributed by atoms with E-state index in [1.807, 2.05) is 25.1 Å². The molecule has 0 bridgehead atoms. The van der Waals surface area contributed by atoms with Gasteiger partial charge in [-0.1, -0.05) is 35.3 Å². The molecule has 2 N–H and O–H groups in total. The van der Waals surface area contributed by atoms with Gasteiger partial charge >= 0.3 is 6.03 Å². The molecule has 1 heterocycles. The molecule has 0 saturated heterocycles. The summed E-state index contributed by atoms with van der Waals surface area (Å²) in [7, 11) is 0. The minimum atomic E-state index is -0.252. The van der Waals surface area contributed by atoms with Crippen molar-refractivity contribution in [1.29, 1.82) is 0 Å². The Morgan fingerprint density at radius 1 is 1.29 bits per heavy atom. The molecule has 0 radical (unpaired) electrons. The summed E-state index contributed by atoms with van der Waals surface area (Å²) >= 11 is 11.8. The molecule has 2 aromatic rings. The minimum absolute atomic E-state index is 0.173. The first-order valence-electron chi connectivity index (χ1n) is 6.44. The number of nitrogens with one attached hydrogen (secondary N) is 2. The van der Waals surface area contributed by atoms with Crippen LogP contribution in [0.5, 0.6) is 0 Å². The standard InChI is InChI=1S/C15H15Cl2N3O/c1-10(12-4-5-13(16)14(17)7-12)20-15(21)19-9-11-3-2-6-18-8-11/h2-8,10H,9H2,1H3,(H2,19,20,21). The third-order valence-electron chi connectivity index (χ3n) is 2.97. The molecule has 4 nitrogen and oxygen atoms in total. The summed E-state index contributed by atoms with van der Waals surface area (Å²) in [4.78, 5) is 15.8. The van der Waals surface area contributed by atoms with E-state index in [4.69, 9.17) is 23.2 Å². The maximum Gasteiger partial charge on any atom is 0.315 e. The molecule has 0 fully saturated rings. The highest BCUT2D eigenvalue weighted by molar-refractivity contribution is 6.42. The average molecular weight is 324 g/mol. The lowest BCUT2D eigenvalue weighted by molar-refractivity contribution is 0.237. The van der Waals surface area contributed by atoms with E-state index in [1.54, 1.807) is 24.5 Å². The predicted octanol–water partition coefficient (Wildman–Crippen LogP) is 3.95. The topological polar surface area (TPSA) is 54.0 Å². The molecule has 21 heavy (non-hydrogen) atoms. The van der Waals surface area contributed by atoms with Gasteiger partial charge in [-0.05, 0) is 36.2 Å². The summed E-state index contributed by atoms with van der Waals surface area (Å²) < 4.78 is 0. The molecule has 1 atom stereocenters.